The summed E-state index contributed by atoms with van der Waals surface area (Å²) in [6, 6.07) is 3.40. The average molecular weight is 427 g/mol. The van der Waals surface area contributed by atoms with E-state index in [1.807, 2.05) is 34.4 Å². The van der Waals surface area contributed by atoms with Gasteiger partial charge >= 0.3 is 0 Å². The molecule has 0 aliphatic rings. The zero-order chi connectivity index (χ0) is 14.7. The van der Waals surface area contributed by atoms with Crippen LogP contribution in [-0.2, 0) is 13.0 Å². The highest BCUT2D eigenvalue weighted by atomic mass is 127. The maximum absolute atomic E-state index is 13.8. The fraction of sp³-hybridized carbons (Fsp3) is 0.500. The first-order valence-electron chi connectivity index (χ1n) is 6.45. The first kappa shape index (κ1) is 16.4. The third kappa shape index (κ3) is 3.60. The van der Waals surface area contributed by atoms with E-state index in [0.717, 1.165) is 29.2 Å². The minimum atomic E-state index is -0.186. The van der Waals surface area contributed by atoms with E-state index in [4.69, 9.17) is 11.6 Å². The molecule has 1 atom stereocenters. The van der Waals surface area contributed by atoms with Gasteiger partial charge in [-0.15, -0.1) is 11.6 Å². The van der Waals surface area contributed by atoms with Gasteiger partial charge in [-0.1, -0.05) is 6.92 Å². The van der Waals surface area contributed by atoms with E-state index in [0.29, 0.717) is 21.8 Å². The second kappa shape index (κ2) is 7.31. The van der Waals surface area contributed by atoms with E-state index in [2.05, 4.69) is 22.7 Å². The summed E-state index contributed by atoms with van der Waals surface area (Å²) in [6.07, 6.45) is 2.81. The van der Waals surface area contributed by atoms with Crippen LogP contribution in [0, 0.1) is 15.3 Å². The van der Waals surface area contributed by atoms with Crippen LogP contribution in [0.3, 0.4) is 0 Å². The quantitative estimate of drug-likeness (QED) is 0.498. The van der Waals surface area contributed by atoms with Crippen LogP contribution >= 0.6 is 46.0 Å². The molecule has 0 spiro atoms. The van der Waals surface area contributed by atoms with Crippen molar-refractivity contribution >= 4 is 57.0 Å². The van der Waals surface area contributed by atoms with Gasteiger partial charge in [0.1, 0.15) is 11.6 Å². The van der Waals surface area contributed by atoms with Crippen LogP contribution in [0.25, 0.3) is 11.0 Å². The molecular weight excluding hydrogens is 410 g/mol. The smallest absolute Gasteiger partial charge is 0.138 e. The zero-order valence-corrected chi connectivity index (χ0v) is 15.2. The summed E-state index contributed by atoms with van der Waals surface area (Å²) in [7, 11) is 0. The van der Waals surface area contributed by atoms with Gasteiger partial charge in [0.05, 0.1) is 14.6 Å². The lowest BCUT2D eigenvalue weighted by atomic mass is 10.2. The van der Waals surface area contributed by atoms with Crippen molar-refractivity contribution in [2.24, 2.45) is 5.92 Å². The van der Waals surface area contributed by atoms with Crippen LogP contribution in [0.4, 0.5) is 4.39 Å². The average Bonchev–Trinajstić information content (AvgIpc) is 2.69. The van der Waals surface area contributed by atoms with Gasteiger partial charge in [-0.05, 0) is 46.6 Å². The molecule has 2 aromatic rings. The molecule has 0 fully saturated rings. The van der Waals surface area contributed by atoms with E-state index in [1.54, 1.807) is 12.1 Å². The molecule has 0 aliphatic heterocycles. The maximum atomic E-state index is 13.8. The molecule has 0 saturated heterocycles. The minimum absolute atomic E-state index is 0.186. The lowest BCUT2D eigenvalue weighted by molar-refractivity contribution is 0.525. The predicted molar refractivity (Wildman–Crippen MR) is 94.4 cm³/mol. The molecule has 1 heterocycles. The molecule has 0 radical (unpaired) electrons. The molecule has 0 N–H and O–H groups in total. The zero-order valence-electron chi connectivity index (χ0n) is 11.5. The highest BCUT2D eigenvalue weighted by molar-refractivity contribution is 14.1. The lowest BCUT2D eigenvalue weighted by Crippen LogP contribution is -2.13. The van der Waals surface area contributed by atoms with Gasteiger partial charge < -0.3 is 4.57 Å². The maximum Gasteiger partial charge on any atom is 0.138 e. The summed E-state index contributed by atoms with van der Waals surface area (Å²) in [4.78, 5) is 4.62. The number of halogens is 3. The van der Waals surface area contributed by atoms with Gasteiger partial charge in [-0.25, -0.2) is 9.37 Å². The Kier molecular flexibility index (Phi) is 5.98. The van der Waals surface area contributed by atoms with E-state index in [9.17, 15) is 4.39 Å². The molecule has 0 amide bonds. The predicted octanol–water partition coefficient (Wildman–Crippen LogP) is 4.56. The van der Waals surface area contributed by atoms with Gasteiger partial charge in [-0.2, -0.15) is 11.8 Å². The van der Waals surface area contributed by atoms with Crippen molar-refractivity contribution < 1.29 is 4.39 Å². The summed E-state index contributed by atoms with van der Waals surface area (Å²) in [5, 5.41) is 0. The molecule has 0 bridgehead atoms. The third-order valence-corrected chi connectivity index (χ3v) is 5.05. The van der Waals surface area contributed by atoms with Crippen molar-refractivity contribution in [3.05, 3.63) is 27.3 Å². The number of hydrogen-bond acceptors (Lipinski definition) is 2. The van der Waals surface area contributed by atoms with E-state index < -0.39 is 0 Å². The van der Waals surface area contributed by atoms with Crippen molar-refractivity contribution in [2.45, 2.75) is 19.9 Å². The number of benzene rings is 1. The Hall–Kier alpha value is -0.0100. The van der Waals surface area contributed by atoms with Crippen molar-refractivity contribution in [2.75, 3.05) is 17.9 Å². The molecule has 1 aromatic carbocycles. The molecule has 20 heavy (non-hydrogen) atoms. The Labute approximate surface area is 141 Å². The van der Waals surface area contributed by atoms with Crippen LogP contribution in [0.1, 0.15) is 12.7 Å². The SMILES string of the molecule is CSCC(C)Cn1c(CCCl)nc2cc(I)c(F)cc21. The van der Waals surface area contributed by atoms with Crippen LogP contribution in [-0.4, -0.2) is 27.4 Å². The number of aromatic nitrogens is 2. The van der Waals surface area contributed by atoms with Gasteiger partial charge in [-0.3, -0.25) is 0 Å². The monoisotopic (exact) mass is 426 g/mol. The molecule has 2 rings (SSSR count). The van der Waals surface area contributed by atoms with Crippen molar-refractivity contribution in [3.63, 3.8) is 0 Å². The molecule has 110 valence electrons. The van der Waals surface area contributed by atoms with E-state index in [1.165, 1.54) is 0 Å². The van der Waals surface area contributed by atoms with Gasteiger partial charge in [0.15, 0.2) is 0 Å². The molecule has 0 saturated carbocycles. The Morgan fingerprint density at radius 1 is 1.50 bits per heavy atom. The summed E-state index contributed by atoms with van der Waals surface area (Å²) in [6.45, 7) is 3.06. The number of thioether (sulfide) groups is 1. The summed E-state index contributed by atoms with van der Waals surface area (Å²) in [5.41, 5.74) is 1.73. The van der Waals surface area contributed by atoms with Crippen molar-refractivity contribution in [1.29, 1.82) is 0 Å². The summed E-state index contributed by atoms with van der Waals surface area (Å²) >= 11 is 9.69. The Morgan fingerprint density at radius 2 is 2.25 bits per heavy atom. The van der Waals surface area contributed by atoms with Gasteiger partial charge in [0, 0.05) is 24.9 Å². The normalized spacial score (nSPS) is 13.1. The van der Waals surface area contributed by atoms with Crippen molar-refractivity contribution in [1.82, 2.24) is 9.55 Å². The largest absolute Gasteiger partial charge is 0.328 e. The number of hydrogen-bond donors (Lipinski definition) is 0. The standard InChI is InChI=1S/C14H17ClFIN2S/c1-9(8-20-2)7-19-13-5-10(16)11(17)6-12(13)18-14(19)3-4-15/h5-6,9H,3-4,7-8H2,1-2H3. The highest BCUT2D eigenvalue weighted by Gasteiger charge is 2.15. The number of fused-ring (bicyclic) bond motifs is 1. The number of nitrogens with zero attached hydrogens (tertiary/aromatic N) is 2. The number of alkyl halides is 1. The second-order valence-electron chi connectivity index (χ2n) is 4.89. The van der Waals surface area contributed by atoms with Crippen molar-refractivity contribution in [3.8, 4) is 0 Å². The Bertz CT molecular complexity index is 602. The second-order valence-corrected chi connectivity index (χ2v) is 7.34. The molecule has 6 heteroatoms. The first-order chi connectivity index (χ1) is 9.56. The highest BCUT2D eigenvalue weighted by Crippen LogP contribution is 2.24. The van der Waals surface area contributed by atoms with Gasteiger partial charge in [0.25, 0.3) is 0 Å². The Balaban J connectivity index is 2.47. The van der Waals surface area contributed by atoms with Crippen LogP contribution < -0.4 is 0 Å². The number of rotatable bonds is 6. The van der Waals surface area contributed by atoms with Crippen LogP contribution in [0.15, 0.2) is 12.1 Å². The third-order valence-electron chi connectivity index (χ3n) is 3.13. The van der Waals surface area contributed by atoms with Crippen LogP contribution in [0.2, 0.25) is 0 Å². The fourth-order valence-corrected chi connectivity index (χ4v) is 3.59. The first-order valence-corrected chi connectivity index (χ1v) is 9.46. The summed E-state index contributed by atoms with van der Waals surface area (Å²) in [5.74, 6) is 2.88. The molecule has 1 aromatic heterocycles. The topological polar surface area (TPSA) is 17.8 Å². The minimum Gasteiger partial charge on any atom is -0.328 e. The molecular formula is C14H17ClFIN2S. The molecule has 0 aliphatic carbocycles. The number of imidazole rings is 1. The summed E-state index contributed by atoms with van der Waals surface area (Å²) < 4.78 is 16.6. The number of aryl methyl sites for hydroxylation is 1. The lowest BCUT2D eigenvalue weighted by Gasteiger charge is -2.14. The molecule has 1 unspecified atom stereocenters. The van der Waals surface area contributed by atoms with Crippen LogP contribution in [0.5, 0.6) is 0 Å². The van der Waals surface area contributed by atoms with Gasteiger partial charge in [0.2, 0.25) is 0 Å². The molecule has 2 nitrogen and oxygen atoms in total. The van der Waals surface area contributed by atoms with E-state index >= 15 is 0 Å². The Morgan fingerprint density at radius 3 is 2.90 bits per heavy atom. The van der Waals surface area contributed by atoms with E-state index in [-0.39, 0.29) is 5.82 Å². The fourth-order valence-electron chi connectivity index (χ4n) is 2.30.